The Kier molecular flexibility index (Phi) is 4.23. The highest BCUT2D eigenvalue weighted by Crippen LogP contribution is 2.32. The second-order valence-electron chi connectivity index (χ2n) is 5.16. The van der Waals surface area contributed by atoms with Crippen LogP contribution in [-0.4, -0.2) is 25.3 Å². The van der Waals surface area contributed by atoms with Crippen molar-refractivity contribution in [2.75, 3.05) is 12.3 Å². The van der Waals surface area contributed by atoms with E-state index in [0.29, 0.717) is 18.2 Å². The van der Waals surface area contributed by atoms with Gasteiger partial charge in [-0.05, 0) is 43.9 Å². The molecule has 0 radical (unpaired) electrons. The second kappa shape index (κ2) is 5.42. The predicted octanol–water partition coefficient (Wildman–Crippen LogP) is 2.84. The third-order valence-electron chi connectivity index (χ3n) is 3.88. The van der Waals surface area contributed by atoms with Gasteiger partial charge >= 0.3 is 0 Å². The molecular formula is C13H19BrN2O2S. The Morgan fingerprint density at radius 1 is 1.37 bits per heavy atom. The van der Waals surface area contributed by atoms with Gasteiger partial charge in [0.05, 0.1) is 5.69 Å². The van der Waals surface area contributed by atoms with Gasteiger partial charge in [-0.15, -0.1) is 0 Å². The molecule has 0 saturated carbocycles. The van der Waals surface area contributed by atoms with Crippen LogP contribution in [0.5, 0.6) is 0 Å². The van der Waals surface area contributed by atoms with Crippen molar-refractivity contribution in [2.45, 2.75) is 37.6 Å². The molecular weight excluding hydrogens is 328 g/mol. The van der Waals surface area contributed by atoms with Gasteiger partial charge in [-0.3, -0.25) is 0 Å². The van der Waals surface area contributed by atoms with Crippen molar-refractivity contribution >= 4 is 31.6 Å². The van der Waals surface area contributed by atoms with E-state index in [0.717, 1.165) is 17.3 Å². The van der Waals surface area contributed by atoms with Gasteiger partial charge in [0.15, 0.2) is 0 Å². The van der Waals surface area contributed by atoms with Crippen molar-refractivity contribution in [1.29, 1.82) is 0 Å². The van der Waals surface area contributed by atoms with Crippen molar-refractivity contribution in [2.24, 2.45) is 5.92 Å². The quantitative estimate of drug-likeness (QED) is 0.837. The van der Waals surface area contributed by atoms with Crippen LogP contribution < -0.4 is 5.73 Å². The largest absolute Gasteiger partial charge is 0.398 e. The lowest BCUT2D eigenvalue weighted by atomic mass is 9.94. The first-order chi connectivity index (χ1) is 8.84. The number of piperidine rings is 1. The summed E-state index contributed by atoms with van der Waals surface area (Å²) in [6.07, 6.45) is 1.97. The summed E-state index contributed by atoms with van der Waals surface area (Å²) in [5, 5.41) is 0. The highest BCUT2D eigenvalue weighted by atomic mass is 79.9. The molecule has 0 spiro atoms. The van der Waals surface area contributed by atoms with E-state index in [-0.39, 0.29) is 10.9 Å². The van der Waals surface area contributed by atoms with Crippen molar-refractivity contribution in [3.05, 3.63) is 22.7 Å². The van der Waals surface area contributed by atoms with Crippen LogP contribution in [0.15, 0.2) is 27.6 Å². The lowest BCUT2D eigenvalue weighted by Crippen LogP contribution is -2.46. The number of hydrogen-bond acceptors (Lipinski definition) is 3. The SMILES string of the molecule is CC1CCCN(S(=O)(=O)c2cc(Br)ccc2N)C1C. The lowest BCUT2D eigenvalue weighted by Gasteiger charge is -2.37. The highest BCUT2D eigenvalue weighted by molar-refractivity contribution is 9.10. The monoisotopic (exact) mass is 346 g/mol. The summed E-state index contributed by atoms with van der Waals surface area (Å²) < 4.78 is 27.8. The van der Waals surface area contributed by atoms with Crippen molar-refractivity contribution in [1.82, 2.24) is 4.31 Å². The smallest absolute Gasteiger partial charge is 0.245 e. The molecule has 6 heteroatoms. The van der Waals surface area contributed by atoms with Crippen molar-refractivity contribution in [3.63, 3.8) is 0 Å². The molecule has 1 aromatic carbocycles. The maximum atomic E-state index is 12.7. The minimum absolute atomic E-state index is 0.0112. The van der Waals surface area contributed by atoms with E-state index in [1.54, 1.807) is 22.5 Å². The van der Waals surface area contributed by atoms with E-state index in [9.17, 15) is 8.42 Å². The number of nitrogens with zero attached hydrogens (tertiary/aromatic N) is 1. The van der Waals surface area contributed by atoms with Gasteiger partial charge in [0.1, 0.15) is 4.90 Å². The zero-order chi connectivity index (χ0) is 14.2. The van der Waals surface area contributed by atoms with Crippen LogP contribution in [0.4, 0.5) is 5.69 Å². The number of benzene rings is 1. The maximum Gasteiger partial charge on any atom is 0.245 e. The molecule has 0 aromatic heterocycles. The molecule has 0 amide bonds. The molecule has 19 heavy (non-hydrogen) atoms. The zero-order valence-corrected chi connectivity index (χ0v) is 13.5. The van der Waals surface area contributed by atoms with Crippen LogP contribution in [0.25, 0.3) is 0 Å². The summed E-state index contributed by atoms with van der Waals surface area (Å²) in [6, 6.07) is 4.96. The van der Waals surface area contributed by atoms with Gasteiger partial charge in [0, 0.05) is 17.1 Å². The number of halogens is 1. The molecule has 4 nitrogen and oxygen atoms in total. The standard InChI is InChI=1S/C13H19BrN2O2S/c1-9-4-3-7-16(10(9)2)19(17,18)13-8-11(14)5-6-12(13)15/h5-6,8-10H,3-4,7,15H2,1-2H3. The molecule has 2 unspecified atom stereocenters. The van der Waals surface area contributed by atoms with E-state index < -0.39 is 10.0 Å². The molecule has 2 N–H and O–H groups in total. The average molecular weight is 347 g/mol. The van der Waals surface area contributed by atoms with Crippen LogP contribution >= 0.6 is 15.9 Å². The number of sulfonamides is 1. The van der Waals surface area contributed by atoms with Crippen LogP contribution in [0.3, 0.4) is 0 Å². The van der Waals surface area contributed by atoms with Gasteiger partial charge in [0.25, 0.3) is 0 Å². The van der Waals surface area contributed by atoms with Gasteiger partial charge in [-0.25, -0.2) is 8.42 Å². The first-order valence-electron chi connectivity index (χ1n) is 6.41. The number of hydrogen-bond donors (Lipinski definition) is 1. The van der Waals surface area contributed by atoms with E-state index in [2.05, 4.69) is 22.9 Å². The van der Waals surface area contributed by atoms with Crippen LogP contribution in [0.2, 0.25) is 0 Å². The highest BCUT2D eigenvalue weighted by Gasteiger charge is 2.35. The van der Waals surface area contributed by atoms with E-state index in [4.69, 9.17) is 5.73 Å². The molecule has 1 fully saturated rings. The van der Waals surface area contributed by atoms with E-state index in [1.807, 2.05) is 6.92 Å². The molecule has 2 rings (SSSR count). The molecule has 1 heterocycles. The van der Waals surface area contributed by atoms with Gasteiger partial charge < -0.3 is 5.73 Å². The molecule has 0 bridgehead atoms. The van der Waals surface area contributed by atoms with Gasteiger partial charge in [0.2, 0.25) is 10.0 Å². The normalized spacial score (nSPS) is 25.4. The second-order valence-corrected chi connectivity index (χ2v) is 7.93. The Balaban J connectivity index is 2.44. The zero-order valence-electron chi connectivity index (χ0n) is 11.1. The summed E-state index contributed by atoms with van der Waals surface area (Å²) in [6.45, 7) is 4.63. The summed E-state index contributed by atoms with van der Waals surface area (Å²) in [5.74, 6) is 0.372. The summed E-state index contributed by atoms with van der Waals surface area (Å²) in [4.78, 5) is 0.197. The Hall–Kier alpha value is -0.590. The van der Waals surface area contributed by atoms with E-state index in [1.165, 1.54) is 0 Å². The Morgan fingerprint density at radius 3 is 2.74 bits per heavy atom. The third kappa shape index (κ3) is 2.80. The first kappa shape index (κ1) is 14.8. The minimum atomic E-state index is -3.52. The van der Waals surface area contributed by atoms with Crippen LogP contribution in [-0.2, 0) is 10.0 Å². The summed E-state index contributed by atoms with van der Waals surface area (Å²) in [7, 11) is -3.52. The van der Waals surface area contributed by atoms with Crippen LogP contribution in [0, 0.1) is 5.92 Å². The third-order valence-corrected chi connectivity index (χ3v) is 6.41. The van der Waals surface area contributed by atoms with Gasteiger partial charge in [-0.1, -0.05) is 22.9 Å². The molecule has 1 saturated heterocycles. The minimum Gasteiger partial charge on any atom is -0.398 e. The van der Waals surface area contributed by atoms with Gasteiger partial charge in [-0.2, -0.15) is 4.31 Å². The summed E-state index contributed by atoms with van der Waals surface area (Å²) >= 11 is 3.30. The maximum absolute atomic E-state index is 12.7. The molecule has 1 aliphatic rings. The number of nitrogens with two attached hydrogens (primary N) is 1. The Bertz CT molecular complexity index is 574. The molecule has 1 aliphatic heterocycles. The molecule has 0 aliphatic carbocycles. The topological polar surface area (TPSA) is 63.4 Å². The fraction of sp³-hybridized carbons (Fsp3) is 0.538. The molecule has 1 aromatic rings. The van der Waals surface area contributed by atoms with Crippen molar-refractivity contribution in [3.8, 4) is 0 Å². The number of nitrogen functional groups attached to an aromatic ring is 1. The summed E-state index contributed by atoms with van der Waals surface area (Å²) in [5.41, 5.74) is 6.14. The fourth-order valence-corrected chi connectivity index (χ4v) is 4.92. The fourth-order valence-electron chi connectivity index (χ4n) is 2.49. The first-order valence-corrected chi connectivity index (χ1v) is 8.64. The Morgan fingerprint density at radius 2 is 2.05 bits per heavy atom. The molecule has 106 valence electrons. The predicted molar refractivity (Wildman–Crippen MR) is 80.3 cm³/mol. The van der Waals surface area contributed by atoms with E-state index >= 15 is 0 Å². The lowest BCUT2D eigenvalue weighted by molar-refractivity contribution is 0.202. The van der Waals surface area contributed by atoms with Crippen molar-refractivity contribution < 1.29 is 8.42 Å². The number of anilines is 1. The average Bonchev–Trinajstić information content (AvgIpc) is 2.35. The molecule has 2 atom stereocenters. The van der Waals surface area contributed by atoms with Crippen LogP contribution in [0.1, 0.15) is 26.7 Å². The Labute approximate surface area is 123 Å². The number of rotatable bonds is 2.